The Labute approximate surface area is 157 Å². The van der Waals surface area contributed by atoms with Gasteiger partial charge in [-0.05, 0) is 38.7 Å². The topological polar surface area (TPSA) is 58.9 Å². The second kappa shape index (κ2) is 8.16. The summed E-state index contributed by atoms with van der Waals surface area (Å²) in [6, 6.07) is 2.25. The van der Waals surface area contributed by atoms with Gasteiger partial charge in [-0.3, -0.25) is 9.58 Å². The number of nitrogens with one attached hydrogen (secondary N) is 1. The van der Waals surface area contributed by atoms with Crippen molar-refractivity contribution in [2.75, 3.05) is 18.4 Å². The predicted octanol–water partition coefficient (Wildman–Crippen LogP) is 3.33. The first-order valence-electron chi connectivity index (χ1n) is 9.82. The van der Waals surface area contributed by atoms with Gasteiger partial charge in [0, 0.05) is 37.4 Å². The third kappa shape index (κ3) is 4.41. The summed E-state index contributed by atoms with van der Waals surface area (Å²) in [5, 5.41) is 8.31. The van der Waals surface area contributed by atoms with Crippen LogP contribution >= 0.6 is 0 Å². The summed E-state index contributed by atoms with van der Waals surface area (Å²) in [5.41, 5.74) is 4.67. The maximum absolute atomic E-state index is 4.82. The van der Waals surface area contributed by atoms with Gasteiger partial charge in [0.2, 0.25) is 0 Å². The average Bonchev–Trinajstić information content (AvgIpc) is 2.84. The molecule has 0 aliphatic carbocycles. The molecule has 0 spiro atoms. The van der Waals surface area contributed by atoms with Crippen LogP contribution in [0.3, 0.4) is 0 Å². The lowest BCUT2D eigenvalue weighted by atomic mass is 10.1. The van der Waals surface area contributed by atoms with Gasteiger partial charge in [0.15, 0.2) is 0 Å². The van der Waals surface area contributed by atoms with Crippen LogP contribution in [0.2, 0.25) is 0 Å². The fraction of sp³-hybridized carbons (Fsp3) is 0.650. The molecule has 3 rings (SSSR count). The number of nitrogens with zero attached hydrogens (tertiary/aromatic N) is 5. The number of anilines is 1. The molecule has 0 radical (unpaired) electrons. The van der Waals surface area contributed by atoms with Crippen molar-refractivity contribution in [2.24, 2.45) is 5.92 Å². The molecule has 2 aromatic rings. The summed E-state index contributed by atoms with van der Waals surface area (Å²) in [5.74, 6) is 2.46. The molecule has 0 aromatic carbocycles. The SMILES string of the molecule is CCc1c(C)nc(C)nc1NCc1cc2n(n1)CCCN(CC(C)C)C2. The molecule has 3 heterocycles. The standard InChI is InChI=1S/C20H32N6/c1-6-19-15(4)22-16(5)23-20(19)21-11-17-10-18-13-25(12-14(2)3)8-7-9-26(18)24-17/h10,14H,6-9,11-13H2,1-5H3,(H,21,22,23). The molecule has 0 saturated carbocycles. The van der Waals surface area contributed by atoms with Crippen molar-refractivity contribution in [3.05, 3.63) is 34.5 Å². The van der Waals surface area contributed by atoms with E-state index in [2.05, 4.69) is 58.6 Å². The Balaban J connectivity index is 1.71. The van der Waals surface area contributed by atoms with Crippen molar-refractivity contribution in [1.29, 1.82) is 0 Å². The highest BCUT2D eigenvalue weighted by atomic mass is 15.3. The summed E-state index contributed by atoms with van der Waals surface area (Å²) in [6.45, 7) is 15.7. The minimum atomic E-state index is 0.697. The van der Waals surface area contributed by atoms with Crippen LogP contribution in [-0.2, 0) is 26.1 Å². The number of fused-ring (bicyclic) bond motifs is 1. The van der Waals surface area contributed by atoms with Gasteiger partial charge in [0.25, 0.3) is 0 Å². The summed E-state index contributed by atoms with van der Waals surface area (Å²) in [6.07, 6.45) is 2.09. The van der Waals surface area contributed by atoms with E-state index in [-0.39, 0.29) is 0 Å². The second-order valence-corrected chi connectivity index (χ2v) is 7.72. The van der Waals surface area contributed by atoms with Crippen LogP contribution in [0.5, 0.6) is 0 Å². The molecule has 0 bridgehead atoms. The lowest BCUT2D eigenvalue weighted by molar-refractivity contribution is 0.239. The fourth-order valence-corrected chi connectivity index (χ4v) is 3.83. The summed E-state index contributed by atoms with van der Waals surface area (Å²) in [7, 11) is 0. The van der Waals surface area contributed by atoms with Gasteiger partial charge in [0.1, 0.15) is 11.6 Å². The highest BCUT2D eigenvalue weighted by molar-refractivity contribution is 5.46. The molecular weight excluding hydrogens is 324 g/mol. The molecule has 0 fully saturated rings. The van der Waals surface area contributed by atoms with Crippen LogP contribution in [-0.4, -0.2) is 37.7 Å². The number of hydrogen-bond donors (Lipinski definition) is 1. The van der Waals surface area contributed by atoms with Gasteiger partial charge in [-0.15, -0.1) is 0 Å². The quantitative estimate of drug-likeness (QED) is 0.860. The van der Waals surface area contributed by atoms with Crippen molar-refractivity contribution in [3.63, 3.8) is 0 Å². The lowest BCUT2D eigenvalue weighted by Gasteiger charge is -2.21. The maximum atomic E-state index is 4.82. The first kappa shape index (κ1) is 18.8. The zero-order valence-electron chi connectivity index (χ0n) is 16.8. The highest BCUT2D eigenvalue weighted by Crippen LogP contribution is 2.19. The Morgan fingerprint density at radius 2 is 2.00 bits per heavy atom. The molecule has 6 heteroatoms. The Bertz CT molecular complexity index is 749. The maximum Gasteiger partial charge on any atom is 0.133 e. The van der Waals surface area contributed by atoms with Gasteiger partial charge in [0.05, 0.1) is 17.9 Å². The Morgan fingerprint density at radius 1 is 1.19 bits per heavy atom. The van der Waals surface area contributed by atoms with E-state index in [1.54, 1.807) is 0 Å². The van der Waals surface area contributed by atoms with Crippen LogP contribution < -0.4 is 5.32 Å². The van der Waals surface area contributed by atoms with E-state index in [0.717, 1.165) is 55.6 Å². The van der Waals surface area contributed by atoms with Gasteiger partial charge < -0.3 is 5.32 Å². The van der Waals surface area contributed by atoms with Gasteiger partial charge in [-0.1, -0.05) is 20.8 Å². The smallest absolute Gasteiger partial charge is 0.133 e. The molecule has 1 N–H and O–H groups in total. The van der Waals surface area contributed by atoms with Crippen LogP contribution in [0, 0.1) is 19.8 Å². The van der Waals surface area contributed by atoms with Crippen molar-refractivity contribution in [3.8, 4) is 0 Å². The molecule has 0 amide bonds. The van der Waals surface area contributed by atoms with Crippen LogP contribution in [0.4, 0.5) is 5.82 Å². The zero-order chi connectivity index (χ0) is 18.7. The van der Waals surface area contributed by atoms with Crippen LogP contribution in [0.15, 0.2) is 6.07 Å². The molecule has 1 aliphatic rings. The number of aromatic nitrogens is 4. The minimum Gasteiger partial charge on any atom is -0.364 e. The van der Waals surface area contributed by atoms with E-state index in [9.17, 15) is 0 Å². The molecule has 1 aliphatic heterocycles. The zero-order valence-corrected chi connectivity index (χ0v) is 16.8. The molecular formula is C20H32N6. The first-order valence-corrected chi connectivity index (χ1v) is 9.82. The molecule has 0 saturated heterocycles. The van der Waals surface area contributed by atoms with Crippen molar-refractivity contribution < 1.29 is 0 Å². The van der Waals surface area contributed by atoms with Crippen molar-refractivity contribution >= 4 is 5.82 Å². The summed E-state index contributed by atoms with van der Waals surface area (Å²) in [4.78, 5) is 11.6. The Morgan fingerprint density at radius 3 is 2.73 bits per heavy atom. The molecule has 142 valence electrons. The molecule has 0 unspecified atom stereocenters. The van der Waals surface area contributed by atoms with E-state index >= 15 is 0 Å². The number of aryl methyl sites for hydroxylation is 3. The normalized spacial score (nSPS) is 15.2. The highest BCUT2D eigenvalue weighted by Gasteiger charge is 2.17. The minimum absolute atomic E-state index is 0.697. The molecule has 6 nitrogen and oxygen atoms in total. The van der Waals surface area contributed by atoms with Crippen molar-refractivity contribution in [2.45, 2.75) is 67.1 Å². The summed E-state index contributed by atoms with van der Waals surface area (Å²) < 4.78 is 2.19. The number of hydrogen-bond acceptors (Lipinski definition) is 5. The fourth-order valence-electron chi connectivity index (χ4n) is 3.83. The average molecular weight is 357 g/mol. The lowest BCUT2D eigenvalue weighted by Crippen LogP contribution is -2.27. The van der Waals surface area contributed by atoms with Gasteiger partial charge >= 0.3 is 0 Å². The van der Waals surface area contributed by atoms with Crippen LogP contribution in [0.1, 0.15) is 55.7 Å². The second-order valence-electron chi connectivity index (χ2n) is 7.72. The first-order chi connectivity index (χ1) is 12.5. The Kier molecular flexibility index (Phi) is 5.91. The van der Waals surface area contributed by atoms with E-state index in [1.807, 2.05) is 6.92 Å². The Hall–Kier alpha value is -1.95. The van der Waals surface area contributed by atoms with Gasteiger partial charge in [-0.2, -0.15) is 5.10 Å². The van der Waals surface area contributed by atoms with E-state index < -0.39 is 0 Å². The van der Waals surface area contributed by atoms with E-state index in [1.165, 1.54) is 17.7 Å². The third-order valence-corrected chi connectivity index (χ3v) is 4.88. The monoisotopic (exact) mass is 356 g/mol. The third-order valence-electron chi connectivity index (χ3n) is 4.88. The van der Waals surface area contributed by atoms with Gasteiger partial charge in [-0.25, -0.2) is 9.97 Å². The molecule has 26 heavy (non-hydrogen) atoms. The molecule has 0 atom stereocenters. The van der Waals surface area contributed by atoms with Crippen LogP contribution in [0.25, 0.3) is 0 Å². The van der Waals surface area contributed by atoms with E-state index in [0.29, 0.717) is 12.5 Å². The summed E-state index contributed by atoms with van der Waals surface area (Å²) >= 11 is 0. The van der Waals surface area contributed by atoms with E-state index in [4.69, 9.17) is 5.10 Å². The van der Waals surface area contributed by atoms with Crippen molar-refractivity contribution in [1.82, 2.24) is 24.6 Å². The number of rotatable bonds is 6. The predicted molar refractivity (Wildman–Crippen MR) is 105 cm³/mol. The largest absolute Gasteiger partial charge is 0.364 e. The molecule has 2 aromatic heterocycles.